The van der Waals surface area contributed by atoms with Crippen LogP contribution in [0.2, 0.25) is 0 Å². The number of nitrogens with zero attached hydrogens (tertiary/aromatic N) is 2. The number of guanidine groups is 1. The van der Waals surface area contributed by atoms with Gasteiger partial charge in [0.1, 0.15) is 5.75 Å². The van der Waals surface area contributed by atoms with Gasteiger partial charge in [0.05, 0.1) is 12.8 Å². The Labute approximate surface area is 189 Å². The molecular weight excluding hydrogens is 483 g/mol. The Hall–Kier alpha value is -1.48. The van der Waals surface area contributed by atoms with E-state index in [2.05, 4.69) is 57.1 Å². The molecular formula is C21H31IN4OS. The molecule has 2 N–H and O–H groups in total. The van der Waals surface area contributed by atoms with Crippen molar-refractivity contribution in [3.8, 4) is 5.75 Å². The van der Waals surface area contributed by atoms with Crippen molar-refractivity contribution in [3.63, 3.8) is 0 Å². The number of nitrogens with one attached hydrogen (secondary N) is 2. The third-order valence-electron chi connectivity index (χ3n) is 4.93. The predicted octanol–water partition coefficient (Wildman–Crippen LogP) is 4.00. The Kier molecular flexibility index (Phi) is 9.37. The van der Waals surface area contributed by atoms with Crippen LogP contribution < -0.4 is 20.3 Å². The number of aliphatic imine (C=N–C) groups is 1. The monoisotopic (exact) mass is 514 g/mol. The van der Waals surface area contributed by atoms with Gasteiger partial charge in [-0.15, -0.1) is 35.3 Å². The molecule has 1 saturated heterocycles. The minimum Gasteiger partial charge on any atom is -0.495 e. The number of anilines is 1. The van der Waals surface area contributed by atoms with Gasteiger partial charge in [0.2, 0.25) is 0 Å². The normalized spacial score (nSPS) is 17.8. The SMILES string of the molecule is CN=C(NCC(C)Cc1cccs1)NC1CCN(c2ccccc2OC)C1.I. The lowest BCUT2D eigenvalue weighted by molar-refractivity contribution is 0.415. The van der Waals surface area contributed by atoms with E-state index in [1.165, 1.54) is 4.88 Å². The highest BCUT2D eigenvalue weighted by Gasteiger charge is 2.25. The molecule has 5 nitrogen and oxygen atoms in total. The fourth-order valence-corrected chi connectivity index (χ4v) is 4.36. The van der Waals surface area contributed by atoms with Crippen molar-refractivity contribution >= 4 is 47.0 Å². The van der Waals surface area contributed by atoms with E-state index >= 15 is 0 Å². The van der Waals surface area contributed by atoms with Crippen molar-refractivity contribution in [1.82, 2.24) is 10.6 Å². The summed E-state index contributed by atoms with van der Waals surface area (Å²) in [6.07, 6.45) is 2.19. The van der Waals surface area contributed by atoms with Crippen LogP contribution in [0.15, 0.2) is 46.8 Å². The Morgan fingerprint density at radius 2 is 2.14 bits per heavy atom. The summed E-state index contributed by atoms with van der Waals surface area (Å²) in [5.74, 6) is 2.39. The number of thiophene rings is 1. The summed E-state index contributed by atoms with van der Waals surface area (Å²) in [4.78, 5) is 8.22. The van der Waals surface area contributed by atoms with E-state index in [0.29, 0.717) is 12.0 Å². The molecule has 1 aromatic heterocycles. The Balaban J connectivity index is 0.00000280. The Bertz CT molecular complexity index is 738. The molecule has 0 aliphatic carbocycles. The van der Waals surface area contributed by atoms with Crippen molar-refractivity contribution in [2.24, 2.45) is 10.9 Å². The minimum absolute atomic E-state index is 0. The average molecular weight is 514 g/mol. The van der Waals surface area contributed by atoms with Crippen molar-refractivity contribution in [1.29, 1.82) is 0 Å². The summed E-state index contributed by atoms with van der Waals surface area (Å²) in [6.45, 7) is 5.16. The molecule has 28 heavy (non-hydrogen) atoms. The summed E-state index contributed by atoms with van der Waals surface area (Å²) in [7, 11) is 3.57. The fourth-order valence-electron chi connectivity index (χ4n) is 3.49. The molecule has 1 aliphatic heterocycles. The second-order valence-electron chi connectivity index (χ2n) is 7.09. The zero-order valence-corrected chi connectivity index (χ0v) is 20.0. The smallest absolute Gasteiger partial charge is 0.191 e. The molecule has 2 heterocycles. The van der Waals surface area contributed by atoms with E-state index < -0.39 is 0 Å². The molecule has 7 heteroatoms. The van der Waals surface area contributed by atoms with E-state index in [0.717, 1.165) is 49.9 Å². The van der Waals surface area contributed by atoms with Crippen molar-refractivity contribution < 1.29 is 4.74 Å². The quantitative estimate of drug-likeness (QED) is 0.333. The van der Waals surface area contributed by atoms with Gasteiger partial charge in [-0.3, -0.25) is 4.99 Å². The van der Waals surface area contributed by atoms with Crippen LogP contribution in [0.3, 0.4) is 0 Å². The lowest BCUT2D eigenvalue weighted by Crippen LogP contribution is -2.45. The molecule has 1 fully saturated rings. The van der Waals surface area contributed by atoms with Crippen LogP contribution >= 0.6 is 35.3 Å². The maximum atomic E-state index is 5.51. The van der Waals surface area contributed by atoms with Gasteiger partial charge < -0.3 is 20.3 Å². The first-order valence-electron chi connectivity index (χ1n) is 9.57. The first-order valence-corrected chi connectivity index (χ1v) is 10.4. The molecule has 3 rings (SSSR count). The van der Waals surface area contributed by atoms with Crippen LogP contribution in [0, 0.1) is 5.92 Å². The lowest BCUT2D eigenvalue weighted by atomic mass is 10.1. The molecule has 0 saturated carbocycles. The lowest BCUT2D eigenvalue weighted by Gasteiger charge is -2.22. The van der Waals surface area contributed by atoms with Gasteiger partial charge in [0.25, 0.3) is 0 Å². The first kappa shape index (κ1) is 22.8. The van der Waals surface area contributed by atoms with Gasteiger partial charge in [-0.1, -0.05) is 25.1 Å². The highest BCUT2D eigenvalue weighted by Crippen LogP contribution is 2.30. The highest BCUT2D eigenvalue weighted by molar-refractivity contribution is 14.0. The molecule has 154 valence electrons. The summed E-state index contributed by atoms with van der Waals surface area (Å²) >= 11 is 1.83. The van der Waals surface area contributed by atoms with Gasteiger partial charge in [-0.05, 0) is 42.3 Å². The third-order valence-corrected chi connectivity index (χ3v) is 5.82. The maximum Gasteiger partial charge on any atom is 0.191 e. The van der Waals surface area contributed by atoms with Crippen LogP contribution in [0.1, 0.15) is 18.2 Å². The topological polar surface area (TPSA) is 48.9 Å². The second kappa shape index (κ2) is 11.5. The third kappa shape index (κ3) is 6.27. The van der Waals surface area contributed by atoms with Crippen molar-refractivity contribution in [3.05, 3.63) is 46.7 Å². The van der Waals surface area contributed by atoms with E-state index in [1.807, 2.05) is 30.5 Å². The molecule has 0 amide bonds. The minimum atomic E-state index is 0. The zero-order chi connectivity index (χ0) is 19.1. The second-order valence-corrected chi connectivity index (χ2v) is 8.12. The van der Waals surface area contributed by atoms with Crippen LogP contribution in [0.5, 0.6) is 5.75 Å². The number of para-hydroxylation sites is 2. The number of methoxy groups -OCH3 is 1. The molecule has 1 aromatic carbocycles. The van der Waals surface area contributed by atoms with Crippen LogP contribution in [-0.2, 0) is 6.42 Å². The van der Waals surface area contributed by atoms with E-state index in [9.17, 15) is 0 Å². The Morgan fingerprint density at radius 3 is 2.86 bits per heavy atom. The first-order chi connectivity index (χ1) is 13.2. The largest absolute Gasteiger partial charge is 0.495 e. The number of hydrogen-bond acceptors (Lipinski definition) is 4. The number of rotatable bonds is 7. The molecule has 2 atom stereocenters. The number of hydrogen-bond donors (Lipinski definition) is 2. The van der Waals surface area contributed by atoms with E-state index in [-0.39, 0.29) is 24.0 Å². The number of halogens is 1. The van der Waals surface area contributed by atoms with Crippen LogP contribution in [0.4, 0.5) is 5.69 Å². The zero-order valence-electron chi connectivity index (χ0n) is 16.9. The van der Waals surface area contributed by atoms with Crippen molar-refractivity contribution in [2.75, 3.05) is 38.7 Å². The summed E-state index contributed by atoms with van der Waals surface area (Å²) in [5, 5.41) is 9.20. The van der Waals surface area contributed by atoms with Crippen molar-refractivity contribution in [2.45, 2.75) is 25.8 Å². The Morgan fingerprint density at radius 1 is 1.32 bits per heavy atom. The van der Waals surface area contributed by atoms with Gasteiger partial charge in [-0.2, -0.15) is 0 Å². The molecule has 2 aromatic rings. The standard InChI is InChI=1S/C21H30N4OS.HI/c1-16(13-18-7-6-12-27-18)14-23-21(22-2)24-17-10-11-25(15-17)19-8-4-5-9-20(19)26-3;/h4-9,12,16-17H,10-11,13-15H2,1-3H3,(H2,22,23,24);1H. The molecule has 0 radical (unpaired) electrons. The summed E-state index contributed by atoms with van der Waals surface area (Å²) < 4.78 is 5.51. The van der Waals surface area contributed by atoms with Crippen LogP contribution in [0.25, 0.3) is 0 Å². The maximum absolute atomic E-state index is 5.51. The molecule has 2 unspecified atom stereocenters. The number of benzene rings is 1. The van der Waals surface area contributed by atoms with E-state index in [4.69, 9.17) is 4.74 Å². The molecule has 0 spiro atoms. The van der Waals surface area contributed by atoms with Gasteiger partial charge in [-0.25, -0.2) is 0 Å². The van der Waals surface area contributed by atoms with Gasteiger partial charge in [0, 0.05) is 37.6 Å². The van der Waals surface area contributed by atoms with Crippen LogP contribution in [-0.4, -0.2) is 45.8 Å². The highest BCUT2D eigenvalue weighted by atomic mass is 127. The fraction of sp³-hybridized carbons (Fsp3) is 0.476. The summed E-state index contributed by atoms with van der Waals surface area (Å²) in [5.41, 5.74) is 1.16. The van der Waals surface area contributed by atoms with Gasteiger partial charge >= 0.3 is 0 Å². The molecule has 0 bridgehead atoms. The average Bonchev–Trinajstić information content (AvgIpc) is 3.37. The predicted molar refractivity (Wildman–Crippen MR) is 131 cm³/mol. The number of ether oxygens (including phenoxy) is 1. The van der Waals surface area contributed by atoms with E-state index in [1.54, 1.807) is 7.11 Å². The summed E-state index contributed by atoms with van der Waals surface area (Å²) in [6, 6.07) is 12.9. The van der Waals surface area contributed by atoms with Gasteiger partial charge in [0.15, 0.2) is 5.96 Å². The molecule has 1 aliphatic rings.